The molecule has 0 unspecified atom stereocenters. The highest BCUT2D eigenvalue weighted by Crippen LogP contribution is 2.22. The number of nitrogens with zero attached hydrogens (tertiary/aromatic N) is 5. The molecule has 2 aliphatic rings. The summed E-state index contributed by atoms with van der Waals surface area (Å²) in [6.45, 7) is 3.66. The minimum absolute atomic E-state index is 0.215. The fourth-order valence-electron chi connectivity index (χ4n) is 3.82. The van der Waals surface area contributed by atoms with Gasteiger partial charge in [0.25, 0.3) is 5.91 Å². The summed E-state index contributed by atoms with van der Waals surface area (Å²) in [5.74, 6) is 0.313. The second-order valence-electron chi connectivity index (χ2n) is 7.63. The Hall–Kier alpha value is -2.58. The van der Waals surface area contributed by atoms with Gasteiger partial charge in [-0.2, -0.15) is 0 Å². The van der Waals surface area contributed by atoms with Crippen molar-refractivity contribution < 1.29 is 9.59 Å². The molecule has 10 heteroatoms. The van der Waals surface area contributed by atoms with Gasteiger partial charge in [0.15, 0.2) is 5.69 Å². The predicted molar refractivity (Wildman–Crippen MR) is 121 cm³/mol. The van der Waals surface area contributed by atoms with Crippen molar-refractivity contribution in [3.8, 4) is 0 Å². The molecule has 2 aromatic rings. The SMILES string of the molecule is O=C(Nc1cccc(Cl)c1)N1CCCN(C(=O)c2nc(N3CCCC3)ncc2Cl)CC1. The molecule has 31 heavy (non-hydrogen) atoms. The van der Waals surface area contributed by atoms with Crippen LogP contribution in [-0.4, -0.2) is 71.0 Å². The fraction of sp³-hybridized carbons (Fsp3) is 0.429. The van der Waals surface area contributed by atoms with Crippen molar-refractivity contribution in [1.82, 2.24) is 19.8 Å². The third-order valence-corrected chi connectivity index (χ3v) is 5.98. The van der Waals surface area contributed by atoms with E-state index in [1.165, 1.54) is 6.20 Å². The number of amides is 3. The zero-order valence-corrected chi connectivity index (χ0v) is 18.6. The summed E-state index contributed by atoms with van der Waals surface area (Å²) in [6, 6.07) is 6.80. The molecule has 4 rings (SSSR count). The molecule has 0 aliphatic carbocycles. The number of halogens is 2. The maximum atomic E-state index is 13.1. The summed E-state index contributed by atoms with van der Waals surface area (Å²) < 4.78 is 0. The lowest BCUT2D eigenvalue weighted by Crippen LogP contribution is -2.39. The standard InChI is InChI=1S/C21H24Cl2N6O2/c22-15-5-3-6-16(13-15)25-21(31)29-10-4-9-27(11-12-29)19(30)18-17(23)14-24-20(26-18)28-7-1-2-8-28/h3,5-6,13-14H,1-2,4,7-12H2,(H,25,31). The van der Waals surface area contributed by atoms with Crippen molar-refractivity contribution in [3.05, 3.63) is 46.2 Å². The molecule has 0 saturated carbocycles. The number of aromatic nitrogens is 2. The van der Waals surface area contributed by atoms with Crippen molar-refractivity contribution in [1.29, 1.82) is 0 Å². The van der Waals surface area contributed by atoms with Gasteiger partial charge in [-0.05, 0) is 37.5 Å². The van der Waals surface area contributed by atoms with Crippen molar-refractivity contribution in [2.75, 3.05) is 49.5 Å². The minimum atomic E-state index is -0.232. The second-order valence-corrected chi connectivity index (χ2v) is 8.48. The Morgan fingerprint density at radius 3 is 2.45 bits per heavy atom. The number of carbonyl (C=O) groups is 2. The molecule has 3 heterocycles. The number of benzene rings is 1. The summed E-state index contributed by atoms with van der Waals surface area (Å²) in [5.41, 5.74) is 0.854. The topological polar surface area (TPSA) is 81.7 Å². The van der Waals surface area contributed by atoms with E-state index < -0.39 is 0 Å². The van der Waals surface area contributed by atoms with Gasteiger partial charge in [-0.15, -0.1) is 0 Å². The van der Waals surface area contributed by atoms with Crippen molar-refractivity contribution in [2.45, 2.75) is 19.3 Å². The molecular weight excluding hydrogens is 439 g/mol. The molecule has 164 valence electrons. The quantitative estimate of drug-likeness (QED) is 0.750. The maximum absolute atomic E-state index is 13.1. The average Bonchev–Trinajstić information content (AvgIpc) is 3.18. The molecule has 3 amide bonds. The van der Waals surface area contributed by atoms with E-state index in [0.29, 0.717) is 49.3 Å². The highest BCUT2D eigenvalue weighted by atomic mass is 35.5. The number of hydrogen-bond acceptors (Lipinski definition) is 5. The van der Waals surface area contributed by atoms with Gasteiger partial charge in [0.1, 0.15) is 0 Å². The number of rotatable bonds is 3. The van der Waals surface area contributed by atoms with Crippen LogP contribution in [0.5, 0.6) is 0 Å². The van der Waals surface area contributed by atoms with E-state index in [0.717, 1.165) is 25.9 Å². The van der Waals surface area contributed by atoms with Gasteiger partial charge in [0.05, 0.1) is 11.2 Å². The van der Waals surface area contributed by atoms with Crippen molar-refractivity contribution in [2.24, 2.45) is 0 Å². The van der Waals surface area contributed by atoms with E-state index in [9.17, 15) is 9.59 Å². The monoisotopic (exact) mass is 462 g/mol. The van der Waals surface area contributed by atoms with E-state index in [1.54, 1.807) is 34.1 Å². The lowest BCUT2D eigenvalue weighted by atomic mass is 10.3. The number of urea groups is 1. The first kappa shape index (κ1) is 21.6. The lowest BCUT2D eigenvalue weighted by Gasteiger charge is -2.23. The largest absolute Gasteiger partial charge is 0.341 e. The Labute approximate surface area is 191 Å². The van der Waals surface area contributed by atoms with Crippen LogP contribution in [0.15, 0.2) is 30.5 Å². The molecule has 1 N–H and O–H groups in total. The van der Waals surface area contributed by atoms with Gasteiger partial charge in [-0.1, -0.05) is 29.3 Å². The molecule has 0 bridgehead atoms. The normalized spacial score (nSPS) is 16.9. The number of anilines is 2. The van der Waals surface area contributed by atoms with E-state index >= 15 is 0 Å². The Kier molecular flexibility index (Phi) is 6.77. The van der Waals surface area contributed by atoms with Crippen molar-refractivity contribution >= 4 is 46.8 Å². The highest BCUT2D eigenvalue weighted by Gasteiger charge is 2.26. The molecule has 1 aromatic carbocycles. The Balaban J connectivity index is 1.41. The molecule has 8 nitrogen and oxygen atoms in total. The number of nitrogens with one attached hydrogen (secondary N) is 1. The van der Waals surface area contributed by atoms with Gasteiger partial charge >= 0.3 is 6.03 Å². The molecule has 0 radical (unpaired) electrons. The minimum Gasteiger partial charge on any atom is -0.341 e. The van der Waals surface area contributed by atoms with Crippen LogP contribution in [0.1, 0.15) is 29.8 Å². The summed E-state index contributed by atoms with van der Waals surface area (Å²) >= 11 is 12.2. The van der Waals surface area contributed by atoms with Crippen LogP contribution in [0.2, 0.25) is 10.0 Å². The van der Waals surface area contributed by atoms with Crippen LogP contribution in [0.4, 0.5) is 16.4 Å². The average molecular weight is 463 g/mol. The van der Waals surface area contributed by atoms with Crippen LogP contribution < -0.4 is 10.2 Å². The summed E-state index contributed by atoms with van der Waals surface area (Å²) in [7, 11) is 0. The molecule has 2 aliphatic heterocycles. The smallest absolute Gasteiger partial charge is 0.321 e. The molecule has 1 aromatic heterocycles. The van der Waals surface area contributed by atoms with E-state index in [-0.39, 0.29) is 22.7 Å². The predicted octanol–water partition coefficient (Wildman–Crippen LogP) is 3.76. The Bertz CT molecular complexity index is 967. The summed E-state index contributed by atoms with van der Waals surface area (Å²) in [6.07, 6.45) is 4.34. The van der Waals surface area contributed by atoms with Gasteiger partial charge in [0, 0.05) is 50.0 Å². The Morgan fingerprint density at radius 1 is 0.935 bits per heavy atom. The van der Waals surface area contributed by atoms with Gasteiger partial charge in [-0.25, -0.2) is 14.8 Å². The summed E-state index contributed by atoms with van der Waals surface area (Å²) in [5, 5.41) is 3.65. The first-order valence-electron chi connectivity index (χ1n) is 10.4. The molecule has 0 spiro atoms. The van der Waals surface area contributed by atoms with Crippen LogP contribution in [-0.2, 0) is 0 Å². The third kappa shape index (κ3) is 5.19. The van der Waals surface area contributed by atoms with Crippen LogP contribution in [0.25, 0.3) is 0 Å². The molecule has 2 fully saturated rings. The first-order valence-corrected chi connectivity index (χ1v) is 11.1. The molecular formula is C21H24Cl2N6O2. The molecule has 0 atom stereocenters. The van der Waals surface area contributed by atoms with E-state index in [1.807, 2.05) is 0 Å². The second kappa shape index (κ2) is 9.70. The first-order chi connectivity index (χ1) is 15.0. The summed E-state index contributed by atoms with van der Waals surface area (Å²) in [4.78, 5) is 40.0. The Morgan fingerprint density at radius 2 is 1.68 bits per heavy atom. The van der Waals surface area contributed by atoms with Gasteiger partial charge in [-0.3, -0.25) is 4.79 Å². The van der Waals surface area contributed by atoms with Crippen LogP contribution in [0, 0.1) is 0 Å². The van der Waals surface area contributed by atoms with Crippen LogP contribution in [0.3, 0.4) is 0 Å². The van der Waals surface area contributed by atoms with Crippen LogP contribution >= 0.6 is 23.2 Å². The third-order valence-electron chi connectivity index (χ3n) is 5.47. The molecule has 2 saturated heterocycles. The van der Waals surface area contributed by atoms with E-state index in [4.69, 9.17) is 23.2 Å². The van der Waals surface area contributed by atoms with Gasteiger partial charge in [0.2, 0.25) is 5.95 Å². The zero-order chi connectivity index (χ0) is 21.8. The van der Waals surface area contributed by atoms with Gasteiger partial charge < -0.3 is 20.0 Å². The lowest BCUT2D eigenvalue weighted by molar-refractivity contribution is 0.0757. The number of carbonyl (C=O) groups excluding carboxylic acids is 2. The maximum Gasteiger partial charge on any atom is 0.321 e. The van der Waals surface area contributed by atoms with E-state index in [2.05, 4.69) is 20.2 Å². The highest BCUT2D eigenvalue weighted by molar-refractivity contribution is 6.33. The fourth-order valence-corrected chi connectivity index (χ4v) is 4.18. The zero-order valence-electron chi connectivity index (χ0n) is 17.1. The van der Waals surface area contributed by atoms with Crippen molar-refractivity contribution in [3.63, 3.8) is 0 Å². The number of hydrogen-bond donors (Lipinski definition) is 1.